The quantitative estimate of drug-likeness (QED) is 0.845. The number of benzene rings is 1. The fourth-order valence-corrected chi connectivity index (χ4v) is 1.52. The Morgan fingerprint density at radius 2 is 2.21 bits per heavy atom. The Hall–Kier alpha value is -0.800. The summed E-state index contributed by atoms with van der Waals surface area (Å²) in [5.41, 5.74) is 4.11. The summed E-state index contributed by atoms with van der Waals surface area (Å²) in [5, 5.41) is 0.333. The van der Waals surface area contributed by atoms with E-state index in [2.05, 4.69) is 0 Å². The number of rotatable bonds is 3. The lowest BCUT2D eigenvalue weighted by Gasteiger charge is -2.20. The first kappa shape index (κ1) is 11.3. The van der Waals surface area contributed by atoms with Crippen molar-refractivity contribution in [2.45, 2.75) is 12.6 Å². The Bertz CT molecular complexity index is 328. The van der Waals surface area contributed by atoms with Crippen LogP contribution in [0.4, 0.5) is 4.39 Å². The van der Waals surface area contributed by atoms with Gasteiger partial charge in [-0.15, -0.1) is 0 Å². The number of hydrogen-bond donors (Lipinski definition) is 1. The molecule has 1 atom stereocenters. The average Bonchev–Trinajstić information content (AvgIpc) is 2.17. The largest absolute Gasteiger partial charge is 0.497 e. The fraction of sp³-hybridized carbons (Fsp3) is 0.400. The van der Waals surface area contributed by atoms with Gasteiger partial charge in [-0.2, -0.15) is 0 Å². The van der Waals surface area contributed by atoms with E-state index in [0.29, 0.717) is 16.3 Å². The second-order valence-corrected chi connectivity index (χ2v) is 3.65. The number of alkyl halides is 1. The maximum Gasteiger partial charge on any atom is 0.146 e. The van der Waals surface area contributed by atoms with E-state index in [9.17, 15) is 4.39 Å². The van der Waals surface area contributed by atoms with Gasteiger partial charge in [0, 0.05) is 12.1 Å². The molecule has 0 amide bonds. The van der Waals surface area contributed by atoms with Gasteiger partial charge in [0.15, 0.2) is 0 Å². The molecular formula is C10H13ClFNO. The van der Waals surface area contributed by atoms with Gasteiger partial charge in [0.05, 0.1) is 12.1 Å². The molecule has 14 heavy (non-hydrogen) atoms. The molecule has 78 valence electrons. The standard InChI is InChI=1S/C10H13ClFNO/c1-10(12,6-13)8-4-3-7(14-2)5-9(8)11/h3-5H,6,13H2,1-2H3. The van der Waals surface area contributed by atoms with E-state index in [-0.39, 0.29) is 6.54 Å². The maximum atomic E-state index is 13.8. The van der Waals surface area contributed by atoms with Crippen LogP contribution in [0.3, 0.4) is 0 Å². The van der Waals surface area contributed by atoms with Gasteiger partial charge in [-0.25, -0.2) is 4.39 Å². The van der Waals surface area contributed by atoms with E-state index >= 15 is 0 Å². The van der Waals surface area contributed by atoms with Crippen LogP contribution in [-0.2, 0) is 5.67 Å². The zero-order valence-corrected chi connectivity index (χ0v) is 8.94. The van der Waals surface area contributed by atoms with Gasteiger partial charge in [-0.3, -0.25) is 0 Å². The van der Waals surface area contributed by atoms with Crippen LogP contribution in [0.5, 0.6) is 5.75 Å². The molecule has 2 N–H and O–H groups in total. The summed E-state index contributed by atoms with van der Waals surface area (Å²) in [4.78, 5) is 0. The molecule has 4 heteroatoms. The van der Waals surface area contributed by atoms with Crippen molar-refractivity contribution in [3.05, 3.63) is 28.8 Å². The Morgan fingerprint density at radius 1 is 1.57 bits per heavy atom. The number of ether oxygens (including phenoxy) is 1. The van der Waals surface area contributed by atoms with Gasteiger partial charge in [0.1, 0.15) is 11.4 Å². The summed E-state index contributed by atoms with van der Waals surface area (Å²) >= 11 is 5.90. The summed E-state index contributed by atoms with van der Waals surface area (Å²) in [6, 6.07) is 4.83. The normalized spacial score (nSPS) is 14.9. The zero-order valence-electron chi connectivity index (χ0n) is 8.18. The van der Waals surface area contributed by atoms with Crippen LogP contribution in [-0.4, -0.2) is 13.7 Å². The van der Waals surface area contributed by atoms with Crippen LogP contribution in [0, 0.1) is 0 Å². The van der Waals surface area contributed by atoms with Gasteiger partial charge < -0.3 is 10.5 Å². The second-order valence-electron chi connectivity index (χ2n) is 3.25. The molecule has 0 aliphatic carbocycles. The van der Waals surface area contributed by atoms with E-state index < -0.39 is 5.67 Å². The molecule has 0 aliphatic heterocycles. The third-order valence-electron chi connectivity index (χ3n) is 2.12. The minimum absolute atomic E-state index is 0.0982. The van der Waals surface area contributed by atoms with Gasteiger partial charge >= 0.3 is 0 Å². The first-order valence-corrected chi connectivity index (χ1v) is 4.62. The van der Waals surface area contributed by atoms with Crippen LogP contribution in [0.25, 0.3) is 0 Å². The third-order valence-corrected chi connectivity index (χ3v) is 2.43. The summed E-state index contributed by atoms with van der Waals surface area (Å²) in [6.45, 7) is 1.31. The molecule has 1 rings (SSSR count). The highest BCUT2D eigenvalue weighted by atomic mass is 35.5. The van der Waals surface area contributed by atoms with E-state index in [1.807, 2.05) is 0 Å². The van der Waals surface area contributed by atoms with Crippen LogP contribution >= 0.6 is 11.6 Å². The zero-order chi connectivity index (χ0) is 10.8. The van der Waals surface area contributed by atoms with Crippen molar-refractivity contribution >= 4 is 11.6 Å². The lowest BCUT2D eigenvalue weighted by Crippen LogP contribution is -2.26. The van der Waals surface area contributed by atoms with Crippen molar-refractivity contribution in [3.8, 4) is 5.75 Å². The summed E-state index contributed by atoms with van der Waals surface area (Å²) in [5.74, 6) is 0.603. The summed E-state index contributed by atoms with van der Waals surface area (Å²) < 4.78 is 18.8. The lowest BCUT2D eigenvalue weighted by molar-refractivity contribution is 0.203. The smallest absolute Gasteiger partial charge is 0.146 e. The van der Waals surface area contributed by atoms with Crippen LogP contribution in [0.2, 0.25) is 5.02 Å². The van der Waals surface area contributed by atoms with E-state index in [4.69, 9.17) is 22.1 Å². The molecule has 0 saturated carbocycles. The van der Waals surface area contributed by atoms with Crippen LogP contribution < -0.4 is 10.5 Å². The molecule has 0 fully saturated rings. The van der Waals surface area contributed by atoms with Crippen molar-refractivity contribution < 1.29 is 9.13 Å². The van der Waals surface area contributed by atoms with Crippen molar-refractivity contribution in [1.29, 1.82) is 0 Å². The molecule has 1 aromatic carbocycles. The van der Waals surface area contributed by atoms with Crippen molar-refractivity contribution in [2.24, 2.45) is 5.73 Å². The summed E-state index contributed by atoms with van der Waals surface area (Å²) in [6.07, 6.45) is 0. The number of hydrogen-bond acceptors (Lipinski definition) is 2. The SMILES string of the molecule is COc1ccc(C(C)(F)CN)c(Cl)c1. The molecular weight excluding hydrogens is 205 g/mol. The molecule has 1 aromatic rings. The average molecular weight is 218 g/mol. The molecule has 0 saturated heterocycles. The van der Waals surface area contributed by atoms with Crippen LogP contribution in [0.1, 0.15) is 12.5 Å². The van der Waals surface area contributed by atoms with Gasteiger partial charge in [0.25, 0.3) is 0 Å². The number of methoxy groups -OCH3 is 1. The molecule has 0 spiro atoms. The molecule has 0 aliphatic rings. The Labute approximate surface area is 87.8 Å². The topological polar surface area (TPSA) is 35.2 Å². The van der Waals surface area contributed by atoms with E-state index in [0.717, 1.165) is 0 Å². The van der Waals surface area contributed by atoms with Crippen molar-refractivity contribution in [3.63, 3.8) is 0 Å². The molecule has 0 aromatic heterocycles. The Kier molecular flexibility index (Phi) is 3.34. The minimum Gasteiger partial charge on any atom is -0.497 e. The maximum absolute atomic E-state index is 13.8. The van der Waals surface area contributed by atoms with Gasteiger partial charge in [-0.1, -0.05) is 17.7 Å². The monoisotopic (exact) mass is 217 g/mol. The summed E-state index contributed by atoms with van der Waals surface area (Å²) in [7, 11) is 1.53. The molecule has 1 unspecified atom stereocenters. The molecule has 2 nitrogen and oxygen atoms in total. The predicted molar refractivity (Wildman–Crippen MR) is 55.5 cm³/mol. The number of nitrogens with two attached hydrogens (primary N) is 1. The van der Waals surface area contributed by atoms with Gasteiger partial charge in [-0.05, 0) is 19.1 Å². The first-order chi connectivity index (χ1) is 6.51. The van der Waals surface area contributed by atoms with Gasteiger partial charge in [0.2, 0.25) is 0 Å². The van der Waals surface area contributed by atoms with E-state index in [1.165, 1.54) is 14.0 Å². The highest BCUT2D eigenvalue weighted by Gasteiger charge is 2.26. The fourth-order valence-electron chi connectivity index (χ4n) is 1.16. The first-order valence-electron chi connectivity index (χ1n) is 4.24. The predicted octanol–water partition coefficient (Wildman–Crippen LogP) is 2.49. The Balaban J connectivity index is 3.12. The third kappa shape index (κ3) is 2.16. The highest BCUT2D eigenvalue weighted by Crippen LogP contribution is 2.32. The van der Waals surface area contributed by atoms with Crippen molar-refractivity contribution in [1.82, 2.24) is 0 Å². The molecule has 0 heterocycles. The highest BCUT2D eigenvalue weighted by molar-refractivity contribution is 6.31. The van der Waals surface area contributed by atoms with E-state index in [1.54, 1.807) is 18.2 Å². The second kappa shape index (κ2) is 4.15. The lowest BCUT2D eigenvalue weighted by atomic mass is 9.98. The van der Waals surface area contributed by atoms with Crippen molar-refractivity contribution in [2.75, 3.05) is 13.7 Å². The number of halogens is 2. The van der Waals surface area contributed by atoms with Crippen LogP contribution in [0.15, 0.2) is 18.2 Å². The molecule has 0 radical (unpaired) electrons. The minimum atomic E-state index is -1.59. The Morgan fingerprint density at radius 3 is 2.64 bits per heavy atom. The molecule has 0 bridgehead atoms.